The number of hydrogen-bond acceptors (Lipinski definition) is 3. The number of benzene rings is 1. The van der Waals surface area contributed by atoms with Crippen LogP contribution in [0.15, 0.2) is 18.2 Å². The van der Waals surface area contributed by atoms with E-state index in [0.717, 1.165) is 5.56 Å². The molecule has 0 unspecified atom stereocenters. The van der Waals surface area contributed by atoms with Crippen molar-refractivity contribution in [2.75, 3.05) is 0 Å². The molecule has 1 aromatic heterocycles. The van der Waals surface area contributed by atoms with Crippen LogP contribution in [0.1, 0.15) is 21.7 Å². The Balaban J connectivity index is 2.73. The van der Waals surface area contributed by atoms with E-state index in [2.05, 4.69) is 9.97 Å². The Morgan fingerprint density at radius 3 is 2.56 bits per heavy atom. The molecule has 0 bridgehead atoms. The highest BCUT2D eigenvalue weighted by Gasteiger charge is 2.13. The van der Waals surface area contributed by atoms with Gasteiger partial charge in [-0.15, -0.1) is 0 Å². The zero-order valence-electron chi connectivity index (χ0n) is 9.87. The van der Waals surface area contributed by atoms with Crippen molar-refractivity contribution in [3.63, 3.8) is 0 Å². The molecule has 1 heterocycles. The van der Waals surface area contributed by atoms with E-state index in [4.69, 9.17) is 11.6 Å². The van der Waals surface area contributed by atoms with Crippen LogP contribution in [-0.2, 0) is 0 Å². The predicted octanol–water partition coefficient (Wildman–Crippen LogP) is 3.37. The fraction of sp³-hybridized carbons (Fsp3) is 0.154. The van der Waals surface area contributed by atoms with Crippen LogP contribution in [0.3, 0.4) is 0 Å². The van der Waals surface area contributed by atoms with Crippen molar-refractivity contribution in [2.45, 2.75) is 13.8 Å². The van der Waals surface area contributed by atoms with Gasteiger partial charge in [-0.1, -0.05) is 11.6 Å². The highest BCUT2D eigenvalue weighted by atomic mass is 35.5. The Morgan fingerprint density at radius 2 is 1.94 bits per heavy atom. The Hall–Kier alpha value is -1.81. The summed E-state index contributed by atoms with van der Waals surface area (Å²) in [6.07, 6.45) is 0.581. The molecule has 0 N–H and O–H groups in total. The minimum absolute atomic E-state index is 0.0782. The normalized spacial score (nSPS) is 10.4. The Labute approximate surface area is 109 Å². The van der Waals surface area contributed by atoms with Crippen LogP contribution in [0.2, 0.25) is 5.15 Å². The third kappa shape index (κ3) is 2.38. The van der Waals surface area contributed by atoms with Crippen molar-refractivity contribution in [3.8, 4) is 11.3 Å². The summed E-state index contributed by atoms with van der Waals surface area (Å²) in [5.41, 5.74) is 1.79. The van der Waals surface area contributed by atoms with Crippen LogP contribution >= 0.6 is 11.6 Å². The molecule has 5 heteroatoms. The number of carbonyl (C=O) groups excluding carboxylic acids is 1. The van der Waals surface area contributed by atoms with Gasteiger partial charge in [-0.25, -0.2) is 14.4 Å². The fourth-order valence-electron chi connectivity index (χ4n) is 1.74. The highest BCUT2D eigenvalue weighted by Crippen LogP contribution is 2.26. The molecule has 0 saturated heterocycles. The van der Waals surface area contributed by atoms with Gasteiger partial charge in [-0.3, -0.25) is 4.79 Å². The van der Waals surface area contributed by atoms with Crippen LogP contribution in [0.5, 0.6) is 0 Å². The topological polar surface area (TPSA) is 42.9 Å². The first-order chi connectivity index (χ1) is 8.51. The summed E-state index contributed by atoms with van der Waals surface area (Å²) in [6, 6.07) is 4.46. The number of hydrogen-bond donors (Lipinski definition) is 0. The number of aromatic nitrogens is 2. The van der Waals surface area contributed by atoms with E-state index in [0.29, 0.717) is 23.4 Å². The number of rotatable bonds is 2. The Bertz CT molecular complexity index is 608. The van der Waals surface area contributed by atoms with E-state index in [1.54, 1.807) is 19.9 Å². The van der Waals surface area contributed by atoms with Crippen molar-refractivity contribution in [2.24, 2.45) is 0 Å². The summed E-state index contributed by atoms with van der Waals surface area (Å²) in [4.78, 5) is 19.1. The second kappa shape index (κ2) is 4.82. The molecule has 0 atom stereocenters. The van der Waals surface area contributed by atoms with Gasteiger partial charge in [0.05, 0.1) is 11.3 Å². The zero-order valence-corrected chi connectivity index (χ0v) is 10.6. The van der Waals surface area contributed by atoms with Crippen LogP contribution in [0.25, 0.3) is 11.3 Å². The minimum Gasteiger partial charge on any atom is -0.298 e. The summed E-state index contributed by atoms with van der Waals surface area (Å²) in [7, 11) is 0. The molecule has 0 aliphatic rings. The number of carbonyl (C=O) groups is 1. The van der Waals surface area contributed by atoms with Gasteiger partial charge in [0.15, 0.2) is 6.29 Å². The number of aryl methyl sites for hydroxylation is 2. The van der Waals surface area contributed by atoms with Gasteiger partial charge in [0.1, 0.15) is 16.8 Å². The molecule has 0 saturated carbocycles. The van der Waals surface area contributed by atoms with Crippen molar-refractivity contribution in [3.05, 3.63) is 46.1 Å². The molecule has 92 valence electrons. The smallest absolute Gasteiger partial charge is 0.155 e. The molecule has 0 amide bonds. The SMILES string of the molecule is Cc1cc(F)cc(-c2nc(C)nc(Cl)c2C=O)c1. The van der Waals surface area contributed by atoms with Gasteiger partial charge >= 0.3 is 0 Å². The average Bonchev–Trinajstić information content (AvgIpc) is 2.26. The molecule has 2 rings (SSSR count). The summed E-state index contributed by atoms with van der Waals surface area (Å²) in [5, 5.41) is 0.0782. The maximum absolute atomic E-state index is 13.4. The Morgan fingerprint density at radius 1 is 1.22 bits per heavy atom. The quantitative estimate of drug-likeness (QED) is 0.617. The minimum atomic E-state index is -0.380. The third-order valence-electron chi connectivity index (χ3n) is 2.44. The van der Waals surface area contributed by atoms with E-state index in [-0.39, 0.29) is 16.5 Å². The number of halogens is 2. The first-order valence-corrected chi connectivity index (χ1v) is 5.66. The van der Waals surface area contributed by atoms with Gasteiger partial charge in [-0.2, -0.15) is 0 Å². The van der Waals surface area contributed by atoms with E-state index < -0.39 is 0 Å². The molecular weight excluding hydrogens is 255 g/mol. The first-order valence-electron chi connectivity index (χ1n) is 5.28. The van der Waals surface area contributed by atoms with Crippen molar-refractivity contribution in [1.29, 1.82) is 0 Å². The first kappa shape index (κ1) is 12.6. The van der Waals surface area contributed by atoms with E-state index in [1.807, 2.05) is 0 Å². The summed E-state index contributed by atoms with van der Waals surface area (Å²) >= 11 is 5.89. The lowest BCUT2D eigenvalue weighted by Crippen LogP contribution is -2.00. The molecular formula is C13H10ClFN2O. The van der Waals surface area contributed by atoms with E-state index in [9.17, 15) is 9.18 Å². The molecule has 18 heavy (non-hydrogen) atoms. The van der Waals surface area contributed by atoms with Gasteiger partial charge in [-0.05, 0) is 37.6 Å². The van der Waals surface area contributed by atoms with Crippen LogP contribution in [0.4, 0.5) is 4.39 Å². The largest absolute Gasteiger partial charge is 0.298 e. The van der Waals surface area contributed by atoms with Crippen LogP contribution < -0.4 is 0 Å². The summed E-state index contributed by atoms with van der Waals surface area (Å²) in [5.74, 6) is 0.0525. The summed E-state index contributed by atoms with van der Waals surface area (Å²) < 4.78 is 13.4. The predicted molar refractivity (Wildman–Crippen MR) is 67.3 cm³/mol. The van der Waals surface area contributed by atoms with Gasteiger partial charge in [0.2, 0.25) is 0 Å². The second-order valence-corrected chi connectivity index (χ2v) is 4.32. The van der Waals surface area contributed by atoms with E-state index in [1.165, 1.54) is 12.1 Å². The molecule has 0 radical (unpaired) electrons. The molecule has 2 aromatic rings. The molecule has 0 spiro atoms. The number of aldehydes is 1. The molecule has 1 aromatic carbocycles. The fourth-order valence-corrected chi connectivity index (χ4v) is 2.00. The maximum Gasteiger partial charge on any atom is 0.155 e. The molecule has 0 fully saturated rings. The number of nitrogens with zero attached hydrogens (tertiary/aromatic N) is 2. The van der Waals surface area contributed by atoms with Gasteiger partial charge < -0.3 is 0 Å². The highest BCUT2D eigenvalue weighted by molar-refractivity contribution is 6.32. The molecule has 0 aliphatic carbocycles. The molecule has 3 nitrogen and oxygen atoms in total. The lowest BCUT2D eigenvalue weighted by Gasteiger charge is -2.08. The lowest BCUT2D eigenvalue weighted by molar-refractivity contribution is 0.112. The van der Waals surface area contributed by atoms with Crippen LogP contribution in [0, 0.1) is 19.7 Å². The second-order valence-electron chi connectivity index (χ2n) is 3.96. The monoisotopic (exact) mass is 264 g/mol. The third-order valence-corrected chi connectivity index (χ3v) is 2.73. The van der Waals surface area contributed by atoms with Crippen LogP contribution in [-0.4, -0.2) is 16.3 Å². The Kier molecular flexibility index (Phi) is 3.39. The van der Waals surface area contributed by atoms with Crippen molar-refractivity contribution < 1.29 is 9.18 Å². The maximum atomic E-state index is 13.4. The standard InChI is InChI=1S/C13H10ClFN2O/c1-7-3-9(5-10(15)4-7)12-11(6-18)13(14)17-8(2)16-12/h3-6H,1-2H3. The van der Waals surface area contributed by atoms with Gasteiger partial charge in [0.25, 0.3) is 0 Å². The summed E-state index contributed by atoms with van der Waals surface area (Å²) in [6.45, 7) is 3.43. The van der Waals surface area contributed by atoms with Crippen molar-refractivity contribution in [1.82, 2.24) is 9.97 Å². The molecule has 0 aliphatic heterocycles. The lowest BCUT2D eigenvalue weighted by atomic mass is 10.0. The zero-order chi connectivity index (χ0) is 13.3. The van der Waals surface area contributed by atoms with Gasteiger partial charge in [0, 0.05) is 5.56 Å². The van der Waals surface area contributed by atoms with E-state index >= 15 is 0 Å². The van der Waals surface area contributed by atoms with Crippen molar-refractivity contribution >= 4 is 17.9 Å². The average molecular weight is 265 g/mol.